The van der Waals surface area contributed by atoms with E-state index in [1.54, 1.807) is 0 Å². The molecule has 3 unspecified atom stereocenters. The van der Waals surface area contributed by atoms with Crippen molar-refractivity contribution in [3.05, 3.63) is 146 Å². The van der Waals surface area contributed by atoms with Gasteiger partial charge in [0.15, 0.2) is 6.10 Å². The van der Waals surface area contributed by atoms with Crippen LogP contribution in [0, 0.1) is 0 Å². The number of hydrogen-bond donors (Lipinski definition) is 2. The van der Waals surface area contributed by atoms with Crippen LogP contribution in [0.15, 0.2) is 146 Å². The number of aliphatic hydroxyl groups excluding tert-OH is 1. The maximum absolute atomic E-state index is 13.0. The molecule has 2 N–H and O–H groups in total. The van der Waals surface area contributed by atoms with Gasteiger partial charge in [-0.1, -0.05) is 231 Å². The highest BCUT2D eigenvalue weighted by Gasteiger charge is 2.28. The molecule has 0 saturated heterocycles. The molecule has 0 rings (SSSR count). The second-order valence-corrected chi connectivity index (χ2v) is 21.9. The Kier molecular flexibility index (Phi) is 58.9. The van der Waals surface area contributed by atoms with Crippen LogP contribution in [-0.4, -0.2) is 66.5 Å². The van der Waals surface area contributed by atoms with E-state index in [4.69, 9.17) is 23.3 Å². The largest absolute Gasteiger partial charge is 0.472 e. The van der Waals surface area contributed by atoms with Gasteiger partial charge >= 0.3 is 25.7 Å². The van der Waals surface area contributed by atoms with Crippen molar-refractivity contribution in [3.8, 4) is 0 Å². The van der Waals surface area contributed by atoms with Crippen molar-refractivity contribution in [2.24, 2.45) is 0 Å². The molecule has 0 amide bonds. The Morgan fingerprint density at radius 3 is 0.915 bits per heavy atom. The lowest BCUT2D eigenvalue weighted by Crippen LogP contribution is -2.30. The molecule has 0 aliphatic rings. The summed E-state index contributed by atoms with van der Waals surface area (Å²) in [6, 6.07) is 0. The van der Waals surface area contributed by atoms with Gasteiger partial charge in [0.2, 0.25) is 0 Å². The standard InChI is InChI=1S/C70H113O11P/c1-4-7-10-13-16-19-22-25-28-31-33-36-38-41-44-47-50-53-56-59-68(72)77-63-67(81-70(74)61-58-55-52-49-46-43-40-37-34-32-29-26-23-20-17-14-11-8-5-2)65-79-82(75,76)78-64-66(62-71)80-69(73)60-57-54-51-48-45-42-39-35-30-27-24-21-18-15-12-9-6-3/h7-12,16-21,25-30,33-34,36-37,39,42,66-67,71H,4-6,13-15,22-24,31-32,35,38,40-41,43-65H2,1-3H3,(H,75,76)/b10-7-,11-8-,12-9-,19-16-,20-17-,21-18-,28-25-,29-26-,30-27-,36-33-,37-34-,42-39-. The van der Waals surface area contributed by atoms with Gasteiger partial charge in [0, 0.05) is 19.3 Å². The topological polar surface area (TPSA) is 155 Å². The molecule has 11 nitrogen and oxygen atoms in total. The van der Waals surface area contributed by atoms with E-state index in [2.05, 4.69) is 167 Å². The van der Waals surface area contributed by atoms with Crippen LogP contribution in [0.2, 0.25) is 0 Å². The smallest absolute Gasteiger partial charge is 0.462 e. The number of esters is 3. The highest BCUT2D eigenvalue weighted by Crippen LogP contribution is 2.43. The van der Waals surface area contributed by atoms with Gasteiger partial charge in [-0.3, -0.25) is 23.4 Å². The average Bonchev–Trinajstić information content (AvgIpc) is 3.47. The van der Waals surface area contributed by atoms with E-state index in [1.807, 2.05) is 0 Å². The Labute approximate surface area is 499 Å². The third kappa shape index (κ3) is 60.0. The minimum absolute atomic E-state index is 0.138. The molecule has 0 aliphatic heterocycles. The number of phosphoric acid groups is 1. The molecule has 0 bridgehead atoms. The number of aliphatic hydroxyl groups is 1. The summed E-state index contributed by atoms with van der Waals surface area (Å²) in [6.45, 7) is 4.24. The van der Waals surface area contributed by atoms with E-state index in [1.165, 1.54) is 0 Å². The van der Waals surface area contributed by atoms with Crippen molar-refractivity contribution in [1.82, 2.24) is 0 Å². The molecular formula is C70H113O11P. The van der Waals surface area contributed by atoms with Crippen molar-refractivity contribution in [3.63, 3.8) is 0 Å². The Morgan fingerprint density at radius 2 is 0.598 bits per heavy atom. The lowest BCUT2D eigenvalue weighted by atomic mass is 10.1. The van der Waals surface area contributed by atoms with Crippen molar-refractivity contribution in [2.75, 3.05) is 26.4 Å². The van der Waals surface area contributed by atoms with E-state index in [0.29, 0.717) is 19.3 Å². The van der Waals surface area contributed by atoms with Gasteiger partial charge in [-0.2, -0.15) is 0 Å². The van der Waals surface area contributed by atoms with Crippen LogP contribution in [0.25, 0.3) is 0 Å². The number of allylic oxidation sites excluding steroid dienone is 24. The molecule has 3 atom stereocenters. The zero-order chi connectivity index (χ0) is 59.8. The molecular weight excluding hydrogens is 1050 g/mol. The summed E-state index contributed by atoms with van der Waals surface area (Å²) in [4.78, 5) is 48.8. The van der Waals surface area contributed by atoms with Gasteiger partial charge in [-0.25, -0.2) is 4.57 Å². The van der Waals surface area contributed by atoms with Crippen molar-refractivity contribution in [2.45, 2.75) is 251 Å². The number of unbranched alkanes of at least 4 members (excludes halogenated alkanes) is 16. The number of carbonyl (C=O) groups is 3. The quantitative estimate of drug-likeness (QED) is 0.0197. The monoisotopic (exact) mass is 1160 g/mol. The van der Waals surface area contributed by atoms with Gasteiger partial charge in [0.05, 0.1) is 19.8 Å². The summed E-state index contributed by atoms with van der Waals surface area (Å²) in [5.41, 5.74) is 0. The van der Waals surface area contributed by atoms with Gasteiger partial charge in [-0.15, -0.1) is 0 Å². The Hall–Kier alpha value is -4.64. The second-order valence-electron chi connectivity index (χ2n) is 20.4. The van der Waals surface area contributed by atoms with Crippen LogP contribution in [0.1, 0.15) is 239 Å². The van der Waals surface area contributed by atoms with E-state index in [0.717, 1.165) is 180 Å². The second kappa shape index (κ2) is 62.4. The average molecular weight is 1160 g/mol. The van der Waals surface area contributed by atoms with Crippen LogP contribution in [0.4, 0.5) is 0 Å². The van der Waals surface area contributed by atoms with E-state index in [9.17, 15) is 28.9 Å². The number of ether oxygens (including phenoxy) is 3. The van der Waals surface area contributed by atoms with Gasteiger partial charge < -0.3 is 24.2 Å². The van der Waals surface area contributed by atoms with Gasteiger partial charge in [-0.05, 0) is 135 Å². The summed E-state index contributed by atoms with van der Waals surface area (Å²) < 4.78 is 39.7. The number of carbonyl (C=O) groups excluding carboxylic acids is 3. The predicted molar refractivity (Wildman–Crippen MR) is 343 cm³/mol. The third-order valence-electron chi connectivity index (χ3n) is 12.7. The molecule has 0 radical (unpaired) electrons. The van der Waals surface area contributed by atoms with E-state index < -0.39 is 57.8 Å². The predicted octanol–water partition coefficient (Wildman–Crippen LogP) is 19.5. The Bertz CT molecular complexity index is 1930. The lowest BCUT2D eigenvalue weighted by Gasteiger charge is -2.21. The van der Waals surface area contributed by atoms with Gasteiger partial charge in [0.1, 0.15) is 12.7 Å². The molecule has 82 heavy (non-hydrogen) atoms. The highest BCUT2D eigenvalue weighted by atomic mass is 31.2. The van der Waals surface area contributed by atoms with Crippen LogP contribution >= 0.6 is 7.82 Å². The summed E-state index contributed by atoms with van der Waals surface area (Å²) >= 11 is 0. The van der Waals surface area contributed by atoms with Crippen LogP contribution < -0.4 is 0 Å². The van der Waals surface area contributed by atoms with Crippen LogP contribution in [-0.2, 0) is 42.2 Å². The lowest BCUT2D eigenvalue weighted by molar-refractivity contribution is -0.161. The fraction of sp³-hybridized carbons (Fsp3) is 0.614. The summed E-state index contributed by atoms with van der Waals surface area (Å²) in [5.74, 6) is -1.53. The van der Waals surface area contributed by atoms with E-state index >= 15 is 0 Å². The first-order valence-electron chi connectivity index (χ1n) is 31.7. The maximum atomic E-state index is 13.0. The number of rotatable bonds is 57. The summed E-state index contributed by atoms with van der Waals surface area (Å²) in [7, 11) is -4.78. The minimum Gasteiger partial charge on any atom is -0.462 e. The Morgan fingerprint density at radius 1 is 0.341 bits per heavy atom. The van der Waals surface area contributed by atoms with Crippen LogP contribution in [0.5, 0.6) is 0 Å². The molecule has 0 fully saturated rings. The molecule has 0 heterocycles. The van der Waals surface area contributed by atoms with Crippen molar-refractivity contribution >= 4 is 25.7 Å². The fourth-order valence-electron chi connectivity index (χ4n) is 8.03. The highest BCUT2D eigenvalue weighted by molar-refractivity contribution is 7.47. The normalized spacial score (nSPS) is 14.3. The first kappa shape index (κ1) is 77.4. The summed E-state index contributed by atoms with van der Waals surface area (Å²) in [6.07, 6.45) is 80.8. The molecule has 12 heteroatoms. The first-order valence-corrected chi connectivity index (χ1v) is 33.2. The first-order chi connectivity index (χ1) is 40.2. The molecule has 0 saturated carbocycles. The molecule has 0 aromatic heterocycles. The molecule has 464 valence electrons. The zero-order valence-corrected chi connectivity index (χ0v) is 52.3. The zero-order valence-electron chi connectivity index (χ0n) is 51.4. The number of phosphoric ester groups is 1. The molecule has 0 aromatic carbocycles. The molecule has 0 aliphatic carbocycles. The SMILES string of the molecule is CC/C=C\C/C=C\C/C=C\C/C=C\CCCCCCCCC(=O)OCC(COP(=O)(O)OCC(CO)OC(=O)CCCCCC/C=C\C/C=C\C/C=C\C/C=C\CC)OC(=O)CCCCCCCC/C=C\C/C=C\C/C=C\C/C=C\CC. The molecule has 0 spiro atoms. The van der Waals surface area contributed by atoms with Crippen LogP contribution in [0.3, 0.4) is 0 Å². The third-order valence-corrected chi connectivity index (χ3v) is 13.7. The van der Waals surface area contributed by atoms with E-state index in [-0.39, 0.29) is 25.9 Å². The maximum Gasteiger partial charge on any atom is 0.472 e. The number of hydrogen-bond acceptors (Lipinski definition) is 10. The minimum atomic E-state index is -4.78. The fourth-order valence-corrected chi connectivity index (χ4v) is 8.82. The molecule has 0 aromatic rings. The Balaban J connectivity index is 4.81. The van der Waals surface area contributed by atoms with Crippen molar-refractivity contribution in [1.29, 1.82) is 0 Å². The van der Waals surface area contributed by atoms with Crippen molar-refractivity contribution < 1.29 is 52.2 Å². The summed E-state index contributed by atoms with van der Waals surface area (Å²) in [5, 5.41) is 9.85. The van der Waals surface area contributed by atoms with Gasteiger partial charge in [0.25, 0.3) is 0 Å².